The molecule has 5 nitrogen and oxygen atoms in total. The van der Waals surface area contributed by atoms with E-state index in [9.17, 15) is 0 Å². The van der Waals surface area contributed by atoms with Gasteiger partial charge in [-0.25, -0.2) is 4.99 Å². The quantitative estimate of drug-likeness (QED) is 0.754. The highest BCUT2D eigenvalue weighted by Crippen LogP contribution is 2.30. The van der Waals surface area contributed by atoms with Crippen molar-refractivity contribution >= 4 is 28.6 Å². The zero-order valence-electron chi connectivity index (χ0n) is 13.9. The van der Waals surface area contributed by atoms with Gasteiger partial charge in [-0.15, -0.1) is 11.3 Å². The lowest BCUT2D eigenvalue weighted by Gasteiger charge is -2.08. The lowest BCUT2D eigenvalue weighted by Crippen LogP contribution is -2.18. The summed E-state index contributed by atoms with van der Waals surface area (Å²) in [7, 11) is 0. The van der Waals surface area contributed by atoms with Gasteiger partial charge in [-0.3, -0.25) is 5.43 Å². The Balaban J connectivity index is 1.86. The molecule has 0 atom stereocenters. The molecule has 0 unspecified atom stereocenters. The van der Waals surface area contributed by atoms with Gasteiger partial charge in [-0.2, -0.15) is 5.10 Å². The number of rotatable bonds is 4. The molecule has 4 rings (SSSR count). The summed E-state index contributed by atoms with van der Waals surface area (Å²) in [6.45, 7) is 4.48. The Hall–Kier alpha value is -2.86. The van der Waals surface area contributed by atoms with E-state index in [1.54, 1.807) is 11.3 Å². The largest absolute Gasteiger partial charge is 0.494 e. The Bertz CT molecular complexity index is 955. The molecule has 0 bridgehead atoms. The molecule has 0 fully saturated rings. The summed E-state index contributed by atoms with van der Waals surface area (Å²) in [5, 5.41) is 6.60. The molecule has 6 heteroatoms. The van der Waals surface area contributed by atoms with Gasteiger partial charge in [-0.05, 0) is 55.6 Å². The first-order valence-corrected chi connectivity index (χ1v) is 8.93. The molecule has 1 aliphatic rings. The molecule has 1 N–H and O–H groups in total. The first-order chi connectivity index (χ1) is 12.2. The number of benzene rings is 1. The van der Waals surface area contributed by atoms with Crippen molar-refractivity contribution in [3.8, 4) is 5.75 Å². The van der Waals surface area contributed by atoms with Crippen LogP contribution >= 0.6 is 11.3 Å². The average molecular weight is 351 g/mol. The maximum Gasteiger partial charge on any atom is 0.164 e. The highest BCUT2D eigenvalue weighted by Gasteiger charge is 2.20. The predicted molar refractivity (Wildman–Crippen MR) is 100 cm³/mol. The third-order valence-corrected chi connectivity index (χ3v) is 4.64. The van der Waals surface area contributed by atoms with Crippen LogP contribution in [0.2, 0.25) is 0 Å². The van der Waals surface area contributed by atoms with Gasteiger partial charge in [0.05, 0.1) is 17.2 Å². The summed E-state index contributed by atoms with van der Waals surface area (Å²) in [5.41, 5.74) is 5.49. The van der Waals surface area contributed by atoms with Gasteiger partial charge in [0.2, 0.25) is 0 Å². The van der Waals surface area contributed by atoms with Gasteiger partial charge in [0.15, 0.2) is 11.6 Å². The molecule has 3 aromatic rings. The summed E-state index contributed by atoms with van der Waals surface area (Å²) < 4.78 is 11.5. The first-order valence-electron chi connectivity index (χ1n) is 8.05. The number of hydrogen-bond donors (Lipinski definition) is 1. The molecular formula is C19H17N3O2S. The molecule has 3 heterocycles. The minimum atomic E-state index is 0.604. The monoisotopic (exact) mass is 351 g/mol. The average Bonchev–Trinajstić information content (AvgIpc) is 3.24. The SMILES string of the molecule is CCOc1ccc2c(c1)C(c1ccc(C)o1)=NNC(c1cccs1)=N2. The molecule has 0 saturated carbocycles. The second kappa shape index (κ2) is 6.57. The number of fused-ring (bicyclic) bond motifs is 1. The van der Waals surface area contributed by atoms with Gasteiger partial charge >= 0.3 is 0 Å². The van der Waals surface area contributed by atoms with Crippen LogP contribution in [0, 0.1) is 6.92 Å². The van der Waals surface area contributed by atoms with Crippen LogP contribution in [0.3, 0.4) is 0 Å². The third-order valence-electron chi connectivity index (χ3n) is 3.77. The van der Waals surface area contributed by atoms with Crippen LogP contribution in [0.15, 0.2) is 62.4 Å². The van der Waals surface area contributed by atoms with Crippen molar-refractivity contribution in [1.82, 2.24) is 5.43 Å². The van der Waals surface area contributed by atoms with E-state index < -0.39 is 0 Å². The van der Waals surface area contributed by atoms with Crippen molar-refractivity contribution in [2.75, 3.05) is 6.61 Å². The molecular weight excluding hydrogens is 334 g/mol. The number of hydrazone groups is 1. The number of nitrogens with zero attached hydrogens (tertiary/aromatic N) is 2. The molecule has 1 aliphatic heterocycles. The minimum absolute atomic E-state index is 0.604. The van der Waals surface area contributed by atoms with Crippen LogP contribution in [0.4, 0.5) is 5.69 Å². The molecule has 126 valence electrons. The van der Waals surface area contributed by atoms with Crippen LogP contribution < -0.4 is 10.2 Å². The molecule has 0 aliphatic carbocycles. The molecule has 2 aromatic heterocycles. The van der Waals surface area contributed by atoms with Crippen molar-refractivity contribution in [2.24, 2.45) is 10.1 Å². The number of nitrogens with one attached hydrogen (secondary N) is 1. The van der Waals surface area contributed by atoms with E-state index in [1.807, 2.05) is 61.7 Å². The maximum atomic E-state index is 5.80. The highest BCUT2D eigenvalue weighted by atomic mass is 32.1. The van der Waals surface area contributed by atoms with E-state index >= 15 is 0 Å². The second-order valence-electron chi connectivity index (χ2n) is 5.53. The van der Waals surface area contributed by atoms with Gasteiger partial charge in [0.25, 0.3) is 0 Å². The maximum absolute atomic E-state index is 5.80. The number of thiophene rings is 1. The van der Waals surface area contributed by atoms with Gasteiger partial charge in [0, 0.05) is 5.56 Å². The smallest absolute Gasteiger partial charge is 0.164 e. The van der Waals surface area contributed by atoms with Crippen LogP contribution in [-0.4, -0.2) is 18.2 Å². The standard InChI is InChI=1S/C19H17N3O2S/c1-3-23-13-7-8-15-14(11-13)18(16-9-6-12(2)24-16)21-22-19(20-15)17-5-4-10-25-17/h4-11H,3H2,1-2H3,(H,20,22). The second-order valence-corrected chi connectivity index (χ2v) is 6.48. The lowest BCUT2D eigenvalue weighted by atomic mass is 10.1. The fourth-order valence-electron chi connectivity index (χ4n) is 2.65. The summed E-state index contributed by atoms with van der Waals surface area (Å²) in [4.78, 5) is 5.80. The fraction of sp³-hybridized carbons (Fsp3) is 0.158. The number of aliphatic imine (C=N–C) groups is 1. The number of ether oxygens (including phenoxy) is 1. The molecule has 0 amide bonds. The van der Waals surface area contributed by atoms with Crippen molar-refractivity contribution in [3.05, 3.63) is 69.8 Å². The number of amidine groups is 1. The zero-order chi connectivity index (χ0) is 17.2. The van der Waals surface area contributed by atoms with Gasteiger partial charge in [-0.1, -0.05) is 6.07 Å². The summed E-state index contributed by atoms with van der Waals surface area (Å²) in [5.74, 6) is 3.04. The van der Waals surface area contributed by atoms with E-state index in [1.165, 1.54) is 0 Å². The Morgan fingerprint density at radius 3 is 2.84 bits per heavy atom. The van der Waals surface area contributed by atoms with Gasteiger partial charge < -0.3 is 9.15 Å². The van der Waals surface area contributed by atoms with Crippen LogP contribution in [0.25, 0.3) is 0 Å². The van der Waals surface area contributed by atoms with E-state index in [2.05, 4.69) is 10.5 Å². The van der Waals surface area contributed by atoms with Crippen molar-refractivity contribution in [3.63, 3.8) is 0 Å². The first kappa shape index (κ1) is 15.7. The Morgan fingerprint density at radius 2 is 2.12 bits per heavy atom. The number of furan rings is 1. The summed E-state index contributed by atoms with van der Waals surface area (Å²) >= 11 is 1.62. The van der Waals surface area contributed by atoms with Gasteiger partial charge in [0.1, 0.15) is 17.2 Å². The molecule has 0 radical (unpaired) electrons. The predicted octanol–water partition coefficient (Wildman–Crippen LogP) is 4.48. The van der Waals surface area contributed by atoms with Crippen LogP contribution in [-0.2, 0) is 0 Å². The molecule has 0 saturated heterocycles. The zero-order valence-corrected chi connectivity index (χ0v) is 14.8. The third kappa shape index (κ3) is 3.08. The topological polar surface area (TPSA) is 59.1 Å². The summed E-state index contributed by atoms with van der Waals surface area (Å²) in [6.07, 6.45) is 0. The van der Waals surface area contributed by atoms with Crippen LogP contribution in [0.5, 0.6) is 5.75 Å². The Labute approximate surface area is 149 Å². The number of hydrogen-bond acceptors (Lipinski definition) is 6. The van der Waals surface area contributed by atoms with E-state index in [4.69, 9.17) is 14.1 Å². The number of aryl methyl sites for hydroxylation is 1. The van der Waals surface area contributed by atoms with E-state index in [-0.39, 0.29) is 0 Å². The minimum Gasteiger partial charge on any atom is -0.494 e. The molecule has 0 spiro atoms. The molecule has 25 heavy (non-hydrogen) atoms. The Morgan fingerprint density at radius 1 is 1.20 bits per heavy atom. The van der Waals surface area contributed by atoms with Crippen molar-refractivity contribution in [1.29, 1.82) is 0 Å². The normalized spacial score (nSPS) is 13.4. The van der Waals surface area contributed by atoms with Crippen molar-refractivity contribution in [2.45, 2.75) is 13.8 Å². The highest BCUT2D eigenvalue weighted by molar-refractivity contribution is 7.12. The van der Waals surface area contributed by atoms with Crippen molar-refractivity contribution < 1.29 is 9.15 Å². The molecule has 1 aromatic carbocycles. The van der Waals surface area contributed by atoms with Crippen LogP contribution in [0.1, 0.15) is 28.9 Å². The van der Waals surface area contributed by atoms with E-state index in [0.717, 1.165) is 33.5 Å². The summed E-state index contributed by atoms with van der Waals surface area (Å²) in [6, 6.07) is 13.7. The fourth-order valence-corrected chi connectivity index (χ4v) is 3.31. The van der Waals surface area contributed by atoms with E-state index in [0.29, 0.717) is 18.1 Å². The lowest BCUT2D eigenvalue weighted by molar-refractivity contribution is 0.340. The Kier molecular flexibility index (Phi) is 4.11.